The van der Waals surface area contributed by atoms with Crippen LogP contribution in [0.1, 0.15) is 55.0 Å². The maximum absolute atomic E-state index is 6.20. The lowest BCUT2D eigenvalue weighted by atomic mass is 9.89. The molecule has 1 aliphatic carbocycles. The quantitative estimate of drug-likeness (QED) is 0.553. The Hall–Kier alpha value is -1.62. The Labute approximate surface area is 163 Å². The van der Waals surface area contributed by atoms with Crippen LogP contribution in [0.3, 0.4) is 0 Å². The molecule has 0 atom stereocenters. The largest absolute Gasteiger partial charge is 0.372 e. The van der Waals surface area contributed by atoms with Gasteiger partial charge in [-0.1, -0.05) is 54.6 Å². The van der Waals surface area contributed by atoms with Gasteiger partial charge in [0.05, 0.1) is 13.2 Å². The van der Waals surface area contributed by atoms with Gasteiger partial charge in [-0.15, -0.1) is 10.2 Å². The topological polar surface area (TPSA) is 39.4 Å². The zero-order valence-electron chi connectivity index (χ0n) is 14.5. The highest BCUT2D eigenvalue weighted by molar-refractivity contribution is 6.35. The molecule has 0 radical (unpaired) electrons. The fourth-order valence-electron chi connectivity index (χ4n) is 3.67. The average Bonchev–Trinajstić information content (AvgIpc) is 3.10. The molecule has 26 heavy (non-hydrogen) atoms. The number of fused-ring (bicyclic) bond motifs is 1. The number of nitrogens with zero attached hydrogens (tertiary/aromatic N) is 3. The van der Waals surface area contributed by atoms with Gasteiger partial charge < -0.3 is 4.74 Å². The number of benzene rings is 1. The van der Waals surface area contributed by atoms with Crippen molar-refractivity contribution in [3.8, 4) is 0 Å². The summed E-state index contributed by atoms with van der Waals surface area (Å²) in [5, 5.41) is 10.2. The van der Waals surface area contributed by atoms with Gasteiger partial charge in [0.1, 0.15) is 5.82 Å². The number of ether oxygens (including phenoxy) is 1. The van der Waals surface area contributed by atoms with Crippen LogP contribution in [0.5, 0.6) is 0 Å². The molecule has 4 nitrogen and oxygen atoms in total. The fraction of sp³-hybridized carbons (Fsp3) is 0.400. The van der Waals surface area contributed by atoms with Crippen molar-refractivity contribution in [3.63, 3.8) is 0 Å². The number of halogens is 2. The Morgan fingerprint density at radius 1 is 0.962 bits per heavy atom. The van der Waals surface area contributed by atoms with E-state index in [0.29, 0.717) is 29.2 Å². The molecule has 0 unspecified atom stereocenters. The summed E-state index contributed by atoms with van der Waals surface area (Å²) in [6.45, 7) is 0.803. The fourth-order valence-corrected chi connectivity index (χ4v) is 4.18. The lowest BCUT2D eigenvalue weighted by molar-refractivity contribution is 0.108. The molecule has 0 aliphatic heterocycles. The van der Waals surface area contributed by atoms with E-state index in [9.17, 15) is 0 Å². The second kappa shape index (κ2) is 7.95. The summed E-state index contributed by atoms with van der Waals surface area (Å²) >= 11 is 12.4. The Morgan fingerprint density at radius 3 is 2.50 bits per heavy atom. The number of pyridine rings is 1. The van der Waals surface area contributed by atoms with Crippen LogP contribution in [0.15, 0.2) is 36.5 Å². The van der Waals surface area contributed by atoms with Crippen LogP contribution in [0.25, 0.3) is 5.65 Å². The van der Waals surface area contributed by atoms with Gasteiger partial charge in [0, 0.05) is 33.3 Å². The van der Waals surface area contributed by atoms with Gasteiger partial charge in [-0.25, -0.2) is 0 Å². The molecule has 1 saturated carbocycles. The Morgan fingerprint density at radius 2 is 1.73 bits per heavy atom. The predicted octanol–water partition coefficient (Wildman–Crippen LogP) is 5.80. The van der Waals surface area contributed by atoms with E-state index in [1.54, 1.807) is 0 Å². The number of hydrogen-bond donors (Lipinski definition) is 0. The molecule has 0 amide bonds. The summed E-state index contributed by atoms with van der Waals surface area (Å²) in [6.07, 6.45) is 8.34. The van der Waals surface area contributed by atoms with Crippen LogP contribution < -0.4 is 0 Å². The van der Waals surface area contributed by atoms with Crippen LogP contribution >= 0.6 is 23.2 Å². The van der Waals surface area contributed by atoms with Crippen molar-refractivity contribution in [3.05, 3.63) is 63.5 Å². The van der Waals surface area contributed by atoms with Crippen molar-refractivity contribution >= 4 is 28.8 Å². The Bertz CT molecular complexity index is 883. The van der Waals surface area contributed by atoms with Gasteiger partial charge in [0.15, 0.2) is 5.65 Å². The summed E-state index contributed by atoms with van der Waals surface area (Å²) in [5.41, 5.74) is 2.70. The van der Waals surface area contributed by atoms with E-state index >= 15 is 0 Å². The van der Waals surface area contributed by atoms with E-state index in [-0.39, 0.29) is 0 Å². The minimum Gasteiger partial charge on any atom is -0.372 e. The number of rotatable bonds is 5. The Kier molecular flexibility index (Phi) is 5.44. The molecule has 4 rings (SSSR count). The third kappa shape index (κ3) is 3.59. The molecule has 1 aromatic carbocycles. The van der Waals surface area contributed by atoms with Crippen molar-refractivity contribution in [2.45, 2.75) is 51.2 Å². The molecule has 2 heterocycles. The van der Waals surface area contributed by atoms with Gasteiger partial charge in [-0.3, -0.25) is 4.40 Å². The van der Waals surface area contributed by atoms with Crippen molar-refractivity contribution in [2.24, 2.45) is 0 Å². The third-order valence-electron chi connectivity index (χ3n) is 5.08. The van der Waals surface area contributed by atoms with Crippen LogP contribution in [0.4, 0.5) is 0 Å². The van der Waals surface area contributed by atoms with Gasteiger partial charge >= 0.3 is 0 Å². The highest BCUT2D eigenvalue weighted by atomic mass is 35.5. The third-order valence-corrected chi connectivity index (χ3v) is 5.79. The van der Waals surface area contributed by atoms with E-state index in [1.165, 1.54) is 32.1 Å². The van der Waals surface area contributed by atoms with Crippen molar-refractivity contribution in [2.75, 3.05) is 0 Å². The summed E-state index contributed by atoms with van der Waals surface area (Å²) < 4.78 is 8.00. The lowest BCUT2D eigenvalue weighted by Gasteiger charge is -2.19. The molecule has 0 spiro atoms. The van der Waals surface area contributed by atoms with Gasteiger partial charge in [0.25, 0.3) is 0 Å². The van der Waals surface area contributed by atoms with Crippen molar-refractivity contribution in [1.29, 1.82) is 0 Å². The maximum Gasteiger partial charge on any atom is 0.166 e. The molecule has 1 aliphatic rings. The molecule has 3 aromatic rings. The predicted molar refractivity (Wildman–Crippen MR) is 104 cm³/mol. The number of hydrogen-bond acceptors (Lipinski definition) is 3. The van der Waals surface area contributed by atoms with Gasteiger partial charge in [0.2, 0.25) is 0 Å². The molecule has 1 fully saturated rings. The van der Waals surface area contributed by atoms with Crippen LogP contribution in [-0.2, 0) is 18.0 Å². The first-order valence-electron chi connectivity index (χ1n) is 9.07. The highest BCUT2D eigenvalue weighted by Crippen LogP contribution is 2.32. The molecule has 136 valence electrons. The van der Waals surface area contributed by atoms with E-state index < -0.39 is 0 Å². The second-order valence-electron chi connectivity index (χ2n) is 6.81. The minimum absolute atomic E-state index is 0.364. The van der Waals surface area contributed by atoms with E-state index in [4.69, 9.17) is 27.9 Å². The molecule has 0 saturated heterocycles. The summed E-state index contributed by atoms with van der Waals surface area (Å²) in [7, 11) is 0. The molecular weight excluding hydrogens is 369 g/mol. The SMILES string of the molecule is Clc1cccc(Cl)c1COCc1cccn2c(C3CCCCC3)nnc12. The van der Waals surface area contributed by atoms with E-state index in [0.717, 1.165) is 22.6 Å². The zero-order chi connectivity index (χ0) is 17.9. The summed E-state index contributed by atoms with van der Waals surface area (Å²) in [6, 6.07) is 9.54. The van der Waals surface area contributed by atoms with E-state index in [1.807, 2.05) is 36.5 Å². The molecule has 0 bridgehead atoms. The lowest BCUT2D eigenvalue weighted by Crippen LogP contribution is -2.09. The molecule has 2 aromatic heterocycles. The monoisotopic (exact) mass is 389 g/mol. The first-order valence-corrected chi connectivity index (χ1v) is 9.83. The van der Waals surface area contributed by atoms with Crippen molar-refractivity contribution < 1.29 is 4.74 Å². The summed E-state index contributed by atoms with van der Waals surface area (Å²) in [5.74, 6) is 1.59. The molecule has 0 N–H and O–H groups in total. The zero-order valence-corrected chi connectivity index (χ0v) is 16.0. The first kappa shape index (κ1) is 17.8. The molecular formula is C20H21Cl2N3O. The normalized spacial score (nSPS) is 15.6. The van der Waals surface area contributed by atoms with Crippen LogP contribution in [0.2, 0.25) is 10.0 Å². The highest BCUT2D eigenvalue weighted by Gasteiger charge is 2.21. The van der Waals surface area contributed by atoms with Crippen LogP contribution in [-0.4, -0.2) is 14.6 Å². The smallest absolute Gasteiger partial charge is 0.166 e. The van der Waals surface area contributed by atoms with Gasteiger partial charge in [-0.2, -0.15) is 0 Å². The standard InChI is InChI=1S/C20H21Cl2N3O/c21-17-9-4-10-18(22)16(17)13-26-12-15-8-5-11-25-19(23-24-20(15)25)14-6-2-1-3-7-14/h4-5,8-11,14H,1-3,6-7,12-13H2. The maximum atomic E-state index is 6.20. The van der Waals surface area contributed by atoms with Crippen molar-refractivity contribution in [1.82, 2.24) is 14.6 Å². The van der Waals surface area contributed by atoms with Crippen LogP contribution in [0, 0.1) is 0 Å². The first-order chi connectivity index (χ1) is 12.7. The minimum atomic E-state index is 0.364. The average molecular weight is 390 g/mol. The Balaban J connectivity index is 1.51. The van der Waals surface area contributed by atoms with E-state index in [2.05, 4.69) is 14.6 Å². The number of aromatic nitrogens is 3. The second-order valence-corrected chi connectivity index (χ2v) is 7.63. The summed E-state index contributed by atoms with van der Waals surface area (Å²) in [4.78, 5) is 0. The molecule has 6 heteroatoms. The van der Waals surface area contributed by atoms with Gasteiger partial charge in [-0.05, 0) is 31.0 Å².